The average molecular weight is 179 g/mol. The molecule has 0 aromatic rings. The normalized spacial score (nSPS) is 48.2. The highest BCUT2D eigenvalue weighted by atomic mass is 16.7. The van der Waals surface area contributed by atoms with Crippen LogP contribution in [0.4, 0.5) is 0 Å². The van der Waals surface area contributed by atoms with E-state index in [0.29, 0.717) is 0 Å². The first kappa shape index (κ1) is 9.85. The predicted molar refractivity (Wildman–Crippen MR) is 38.0 cm³/mol. The van der Waals surface area contributed by atoms with Crippen LogP contribution in [-0.2, 0) is 4.74 Å². The summed E-state index contributed by atoms with van der Waals surface area (Å²) in [5, 5.41) is 36.3. The molecule has 6 nitrogen and oxygen atoms in total. The van der Waals surface area contributed by atoms with Crippen molar-refractivity contribution >= 4 is 0 Å². The summed E-state index contributed by atoms with van der Waals surface area (Å²) in [5.74, 6) is -2.08. The third-order valence-electron chi connectivity index (χ3n) is 1.98. The molecule has 6 heteroatoms. The minimum atomic E-state index is -2.08. The van der Waals surface area contributed by atoms with Gasteiger partial charge in [0, 0.05) is 6.54 Å². The molecule has 0 amide bonds. The molecule has 1 aliphatic heterocycles. The lowest BCUT2D eigenvalue weighted by Crippen LogP contribution is -2.46. The molecule has 1 heterocycles. The van der Waals surface area contributed by atoms with Crippen LogP contribution < -0.4 is 5.73 Å². The van der Waals surface area contributed by atoms with Crippen LogP contribution in [0.1, 0.15) is 0 Å². The Morgan fingerprint density at radius 3 is 2.25 bits per heavy atom. The van der Waals surface area contributed by atoms with Crippen molar-refractivity contribution in [2.75, 3.05) is 13.2 Å². The third-order valence-corrected chi connectivity index (χ3v) is 1.98. The van der Waals surface area contributed by atoms with Gasteiger partial charge in [0.1, 0.15) is 18.3 Å². The van der Waals surface area contributed by atoms with Gasteiger partial charge in [-0.25, -0.2) is 0 Å². The van der Waals surface area contributed by atoms with Crippen LogP contribution in [0.3, 0.4) is 0 Å². The van der Waals surface area contributed by atoms with Gasteiger partial charge in [0.15, 0.2) is 0 Å². The second kappa shape index (κ2) is 3.25. The molecule has 1 fully saturated rings. The zero-order chi connectivity index (χ0) is 9.35. The van der Waals surface area contributed by atoms with Gasteiger partial charge in [-0.05, 0) is 0 Å². The van der Waals surface area contributed by atoms with E-state index in [1.165, 1.54) is 0 Å². The lowest BCUT2D eigenvalue weighted by atomic mass is 10.1. The highest BCUT2D eigenvalue weighted by molar-refractivity contribution is 4.95. The number of hydrogen-bond acceptors (Lipinski definition) is 6. The Morgan fingerprint density at radius 2 is 2.00 bits per heavy atom. The fourth-order valence-electron chi connectivity index (χ4n) is 1.19. The molecule has 0 bridgehead atoms. The Balaban J connectivity index is 2.72. The predicted octanol–water partition coefficient (Wildman–Crippen LogP) is -3.25. The fourth-order valence-corrected chi connectivity index (χ4v) is 1.19. The lowest BCUT2D eigenvalue weighted by Gasteiger charge is -2.22. The summed E-state index contributed by atoms with van der Waals surface area (Å²) in [6.45, 7) is -0.803. The van der Waals surface area contributed by atoms with Crippen molar-refractivity contribution in [3.63, 3.8) is 0 Å². The molecule has 1 saturated heterocycles. The molecule has 12 heavy (non-hydrogen) atoms. The van der Waals surface area contributed by atoms with Crippen molar-refractivity contribution < 1.29 is 25.2 Å². The summed E-state index contributed by atoms with van der Waals surface area (Å²) in [5.41, 5.74) is 5.17. The van der Waals surface area contributed by atoms with Gasteiger partial charge in [-0.2, -0.15) is 0 Å². The summed E-state index contributed by atoms with van der Waals surface area (Å²) in [6.07, 6.45) is -3.61. The number of nitrogens with two attached hydrogens (primary N) is 1. The van der Waals surface area contributed by atoms with Gasteiger partial charge in [-0.1, -0.05) is 0 Å². The Labute approximate surface area is 69.2 Å². The summed E-state index contributed by atoms with van der Waals surface area (Å²) >= 11 is 0. The largest absolute Gasteiger partial charge is 0.391 e. The van der Waals surface area contributed by atoms with Gasteiger partial charge in [-0.15, -0.1) is 0 Å². The second-order valence-corrected chi connectivity index (χ2v) is 2.83. The van der Waals surface area contributed by atoms with Crippen LogP contribution in [0.15, 0.2) is 0 Å². The Kier molecular flexibility index (Phi) is 2.67. The van der Waals surface area contributed by atoms with E-state index >= 15 is 0 Å². The molecule has 0 aromatic carbocycles. The summed E-state index contributed by atoms with van der Waals surface area (Å²) in [4.78, 5) is 0. The van der Waals surface area contributed by atoms with Crippen LogP contribution >= 0.6 is 0 Å². The van der Waals surface area contributed by atoms with E-state index in [2.05, 4.69) is 0 Å². The first-order chi connectivity index (χ1) is 5.55. The zero-order valence-corrected chi connectivity index (χ0v) is 6.42. The number of rotatable bonds is 2. The molecule has 1 aliphatic rings. The highest BCUT2D eigenvalue weighted by Crippen LogP contribution is 2.27. The van der Waals surface area contributed by atoms with Crippen LogP contribution in [0.5, 0.6) is 0 Å². The van der Waals surface area contributed by atoms with Crippen molar-refractivity contribution in [1.29, 1.82) is 0 Å². The van der Waals surface area contributed by atoms with Crippen molar-refractivity contribution in [3.8, 4) is 0 Å². The molecule has 4 atom stereocenters. The van der Waals surface area contributed by atoms with Gasteiger partial charge in [0.05, 0.1) is 6.61 Å². The van der Waals surface area contributed by atoms with Crippen LogP contribution in [-0.4, -0.2) is 57.7 Å². The monoisotopic (exact) mass is 179 g/mol. The lowest BCUT2D eigenvalue weighted by molar-refractivity contribution is -0.244. The maximum Gasteiger partial charge on any atom is 0.219 e. The van der Waals surface area contributed by atoms with E-state index in [0.717, 1.165) is 0 Å². The first-order valence-electron chi connectivity index (χ1n) is 3.62. The average Bonchev–Trinajstić information content (AvgIpc) is 2.31. The van der Waals surface area contributed by atoms with E-state index in [4.69, 9.17) is 15.6 Å². The molecule has 6 N–H and O–H groups in total. The maximum atomic E-state index is 9.30. The van der Waals surface area contributed by atoms with Crippen LogP contribution in [0.25, 0.3) is 0 Å². The van der Waals surface area contributed by atoms with E-state index < -0.39 is 30.7 Å². The van der Waals surface area contributed by atoms with Gasteiger partial charge in [-0.3, -0.25) is 0 Å². The van der Waals surface area contributed by atoms with Crippen molar-refractivity contribution in [1.82, 2.24) is 0 Å². The van der Waals surface area contributed by atoms with Gasteiger partial charge < -0.3 is 30.9 Å². The molecule has 0 saturated carbocycles. The standard InChI is InChI=1S/C6H13NO5/c7-1-3-4(9)5(10)6(11,2-8)12-3/h3-5,8-11H,1-2,7H2. The van der Waals surface area contributed by atoms with Gasteiger partial charge in [0.2, 0.25) is 5.79 Å². The minimum absolute atomic E-state index is 0.0272. The topological polar surface area (TPSA) is 116 Å². The van der Waals surface area contributed by atoms with Crippen LogP contribution in [0.2, 0.25) is 0 Å². The Bertz CT molecular complexity index is 166. The molecule has 4 unspecified atom stereocenters. The minimum Gasteiger partial charge on any atom is -0.391 e. The number of hydrogen-bond donors (Lipinski definition) is 5. The molecule has 0 aliphatic carbocycles. The van der Waals surface area contributed by atoms with E-state index in [-0.39, 0.29) is 6.54 Å². The highest BCUT2D eigenvalue weighted by Gasteiger charge is 2.52. The molecule has 0 spiro atoms. The number of aliphatic hydroxyl groups is 4. The fraction of sp³-hybridized carbons (Fsp3) is 1.00. The SMILES string of the molecule is NCC1OC(O)(CO)C(O)C1O. The third kappa shape index (κ3) is 1.33. The van der Waals surface area contributed by atoms with E-state index in [1.54, 1.807) is 0 Å². The van der Waals surface area contributed by atoms with E-state index in [9.17, 15) is 15.3 Å². The summed E-state index contributed by atoms with van der Waals surface area (Å²) in [6, 6.07) is 0. The molecule has 0 aromatic heterocycles. The van der Waals surface area contributed by atoms with Gasteiger partial charge in [0.25, 0.3) is 0 Å². The van der Waals surface area contributed by atoms with E-state index in [1.807, 2.05) is 0 Å². The maximum absolute atomic E-state index is 9.30. The summed E-state index contributed by atoms with van der Waals surface area (Å²) < 4.78 is 4.75. The number of aliphatic hydroxyl groups excluding tert-OH is 3. The van der Waals surface area contributed by atoms with Crippen molar-refractivity contribution in [3.05, 3.63) is 0 Å². The van der Waals surface area contributed by atoms with Crippen molar-refractivity contribution in [2.24, 2.45) is 5.73 Å². The quantitative estimate of drug-likeness (QED) is 0.304. The Morgan fingerprint density at radius 1 is 1.42 bits per heavy atom. The molecule has 0 radical (unpaired) electrons. The summed E-state index contributed by atoms with van der Waals surface area (Å²) in [7, 11) is 0. The zero-order valence-electron chi connectivity index (χ0n) is 6.42. The molecular weight excluding hydrogens is 166 g/mol. The molecule has 1 rings (SSSR count). The van der Waals surface area contributed by atoms with Crippen molar-refractivity contribution in [2.45, 2.75) is 24.1 Å². The smallest absolute Gasteiger partial charge is 0.219 e. The molecule has 72 valence electrons. The second-order valence-electron chi connectivity index (χ2n) is 2.83. The first-order valence-corrected chi connectivity index (χ1v) is 3.62. The molecular formula is C6H13NO5. The Hall–Kier alpha value is -0.240. The number of ether oxygens (including phenoxy) is 1. The van der Waals surface area contributed by atoms with Gasteiger partial charge >= 0.3 is 0 Å². The van der Waals surface area contributed by atoms with Crippen LogP contribution in [0, 0.1) is 0 Å².